The number of benzene rings is 1. The van der Waals surface area contributed by atoms with Crippen molar-refractivity contribution in [2.45, 2.75) is 33.6 Å². The predicted molar refractivity (Wildman–Crippen MR) is 89.4 cm³/mol. The lowest BCUT2D eigenvalue weighted by molar-refractivity contribution is 0.0995. The van der Waals surface area contributed by atoms with Gasteiger partial charge in [0.1, 0.15) is 5.76 Å². The van der Waals surface area contributed by atoms with Crippen molar-refractivity contribution in [1.29, 1.82) is 0 Å². The Kier molecular flexibility index (Phi) is 6.09. The number of hydrogen-bond acceptors (Lipinski definition) is 4. The SMILES string of the molecule is CCCOc1ccc(NC(=O)c2ccc(C)o2)cc1OCCC. The molecule has 1 N–H and O–H groups in total. The predicted octanol–water partition coefficient (Wildman–Crippen LogP) is 4.42. The third-order valence-electron chi connectivity index (χ3n) is 3.09. The van der Waals surface area contributed by atoms with Gasteiger partial charge in [0.05, 0.1) is 13.2 Å². The second kappa shape index (κ2) is 8.27. The Morgan fingerprint density at radius 1 is 1.04 bits per heavy atom. The first-order valence-electron chi connectivity index (χ1n) is 7.91. The minimum Gasteiger partial charge on any atom is -0.490 e. The van der Waals surface area contributed by atoms with Gasteiger partial charge in [-0.15, -0.1) is 0 Å². The van der Waals surface area contributed by atoms with E-state index in [1.165, 1.54) is 0 Å². The lowest BCUT2D eigenvalue weighted by Crippen LogP contribution is -2.11. The van der Waals surface area contributed by atoms with E-state index in [4.69, 9.17) is 13.9 Å². The number of anilines is 1. The summed E-state index contributed by atoms with van der Waals surface area (Å²) >= 11 is 0. The molecule has 0 aliphatic carbocycles. The minimum absolute atomic E-state index is 0.282. The number of nitrogens with one attached hydrogen (secondary N) is 1. The molecular formula is C18H23NO4. The second-order valence-corrected chi connectivity index (χ2v) is 5.22. The Labute approximate surface area is 136 Å². The van der Waals surface area contributed by atoms with Crippen molar-refractivity contribution in [3.05, 3.63) is 41.9 Å². The fourth-order valence-electron chi connectivity index (χ4n) is 1.99. The Hall–Kier alpha value is -2.43. The molecule has 1 amide bonds. The van der Waals surface area contributed by atoms with Crippen LogP contribution < -0.4 is 14.8 Å². The Morgan fingerprint density at radius 2 is 1.74 bits per heavy atom. The maximum absolute atomic E-state index is 12.1. The molecule has 0 bridgehead atoms. The summed E-state index contributed by atoms with van der Waals surface area (Å²) in [6.45, 7) is 7.11. The van der Waals surface area contributed by atoms with Gasteiger partial charge < -0.3 is 19.2 Å². The van der Waals surface area contributed by atoms with Crippen LogP contribution in [-0.2, 0) is 0 Å². The summed E-state index contributed by atoms with van der Waals surface area (Å²) in [5, 5.41) is 2.80. The lowest BCUT2D eigenvalue weighted by atomic mass is 10.2. The van der Waals surface area contributed by atoms with Crippen LogP contribution in [0.1, 0.15) is 43.0 Å². The highest BCUT2D eigenvalue weighted by Gasteiger charge is 2.12. The third kappa shape index (κ3) is 4.77. The zero-order chi connectivity index (χ0) is 16.7. The van der Waals surface area contributed by atoms with Crippen LogP contribution >= 0.6 is 0 Å². The number of furan rings is 1. The fourth-order valence-corrected chi connectivity index (χ4v) is 1.99. The topological polar surface area (TPSA) is 60.7 Å². The molecule has 0 aliphatic rings. The highest BCUT2D eigenvalue weighted by molar-refractivity contribution is 6.02. The molecule has 1 heterocycles. The summed E-state index contributed by atoms with van der Waals surface area (Å²) in [4.78, 5) is 12.1. The molecule has 0 saturated carbocycles. The van der Waals surface area contributed by atoms with E-state index in [9.17, 15) is 4.79 Å². The quantitative estimate of drug-likeness (QED) is 0.783. The molecule has 124 valence electrons. The molecule has 1 aromatic carbocycles. The number of rotatable bonds is 8. The van der Waals surface area contributed by atoms with Crippen molar-refractivity contribution in [3.63, 3.8) is 0 Å². The Bertz CT molecular complexity index is 648. The van der Waals surface area contributed by atoms with Gasteiger partial charge in [0.2, 0.25) is 0 Å². The maximum Gasteiger partial charge on any atom is 0.291 e. The molecule has 0 spiro atoms. The molecular weight excluding hydrogens is 294 g/mol. The van der Waals surface area contributed by atoms with Crippen LogP contribution in [0.5, 0.6) is 11.5 Å². The number of aryl methyl sites for hydroxylation is 1. The summed E-state index contributed by atoms with van der Waals surface area (Å²) < 4.78 is 16.7. The van der Waals surface area contributed by atoms with Crippen molar-refractivity contribution in [3.8, 4) is 11.5 Å². The average Bonchev–Trinajstić information content (AvgIpc) is 2.98. The molecule has 0 radical (unpaired) electrons. The number of amides is 1. The van der Waals surface area contributed by atoms with Crippen molar-refractivity contribution in [2.24, 2.45) is 0 Å². The van der Waals surface area contributed by atoms with Crippen molar-refractivity contribution in [1.82, 2.24) is 0 Å². The highest BCUT2D eigenvalue weighted by Crippen LogP contribution is 2.31. The molecule has 0 atom stereocenters. The van der Waals surface area contributed by atoms with Gasteiger partial charge in [-0.1, -0.05) is 13.8 Å². The van der Waals surface area contributed by atoms with Gasteiger partial charge in [0.25, 0.3) is 5.91 Å². The van der Waals surface area contributed by atoms with Crippen LogP contribution in [0, 0.1) is 6.92 Å². The minimum atomic E-state index is -0.290. The molecule has 0 aliphatic heterocycles. The van der Waals surface area contributed by atoms with E-state index in [1.807, 2.05) is 19.9 Å². The van der Waals surface area contributed by atoms with Gasteiger partial charge in [-0.25, -0.2) is 0 Å². The molecule has 2 aromatic rings. The van der Waals surface area contributed by atoms with E-state index < -0.39 is 0 Å². The highest BCUT2D eigenvalue weighted by atomic mass is 16.5. The van der Waals surface area contributed by atoms with E-state index >= 15 is 0 Å². The fraction of sp³-hybridized carbons (Fsp3) is 0.389. The van der Waals surface area contributed by atoms with Crippen LogP contribution in [-0.4, -0.2) is 19.1 Å². The van der Waals surface area contributed by atoms with Gasteiger partial charge >= 0.3 is 0 Å². The van der Waals surface area contributed by atoms with E-state index in [-0.39, 0.29) is 11.7 Å². The first-order valence-corrected chi connectivity index (χ1v) is 7.91. The van der Waals surface area contributed by atoms with E-state index in [0.29, 0.717) is 36.2 Å². The smallest absolute Gasteiger partial charge is 0.291 e. The van der Waals surface area contributed by atoms with E-state index in [1.54, 1.807) is 31.2 Å². The summed E-state index contributed by atoms with van der Waals surface area (Å²) in [6, 6.07) is 8.78. The molecule has 5 heteroatoms. The zero-order valence-electron chi connectivity index (χ0n) is 13.8. The summed E-state index contributed by atoms with van der Waals surface area (Å²) in [6.07, 6.45) is 1.82. The van der Waals surface area contributed by atoms with Crippen LogP contribution in [0.3, 0.4) is 0 Å². The van der Waals surface area contributed by atoms with Crippen molar-refractivity contribution < 1.29 is 18.7 Å². The second-order valence-electron chi connectivity index (χ2n) is 5.22. The number of hydrogen-bond donors (Lipinski definition) is 1. The first kappa shape index (κ1) is 16.9. The van der Waals surface area contributed by atoms with Gasteiger partial charge in [0.15, 0.2) is 17.3 Å². The van der Waals surface area contributed by atoms with E-state index in [0.717, 1.165) is 12.8 Å². The van der Waals surface area contributed by atoms with Gasteiger partial charge in [-0.3, -0.25) is 4.79 Å². The van der Waals surface area contributed by atoms with Crippen LogP contribution in [0.4, 0.5) is 5.69 Å². The molecule has 1 aromatic heterocycles. The molecule has 0 unspecified atom stereocenters. The zero-order valence-corrected chi connectivity index (χ0v) is 13.8. The standard InChI is InChI=1S/C18H23NO4/c1-4-10-21-15-9-7-14(12-17(15)22-11-5-2)19-18(20)16-8-6-13(3)23-16/h6-9,12H,4-5,10-11H2,1-3H3,(H,19,20). The van der Waals surface area contributed by atoms with Gasteiger partial charge in [-0.2, -0.15) is 0 Å². The molecule has 0 saturated heterocycles. The Morgan fingerprint density at radius 3 is 2.35 bits per heavy atom. The third-order valence-corrected chi connectivity index (χ3v) is 3.09. The van der Waals surface area contributed by atoms with Crippen LogP contribution in [0.2, 0.25) is 0 Å². The average molecular weight is 317 g/mol. The monoisotopic (exact) mass is 317 g/mol. The molecule has 23 heavy (non-hydrogen) atoms. The molecule has 0 fully saturated rings. The van der Waals surface area contributed by atoms with Crippen molar-refractivity contribution >= 4 is 11.6 Å². The number of carbonyl (C=O) groups excluding carboxylic acids is 1. The van der Waals surface area contributed by atoms with Crippen molar-refractivity contribution in [2.75, 3.05) is 18.5 Å². The lowest BCUT2D eigenvalue weighted by Gasteiger charge is -2.13. The normalized spacial score (nSPS) is 10.4. The number of carbonyl (C=O) groups is 1. The molecule has 2 rings (SSSR count). The summed E-state index contributed by atoms with van der Waals surface area (Å²) in [5.74, 6) is 2.01. The molecule has 5 nitrogen and oxygen atoms in total. The Balaban J connectivity index is 2.13. The summed E-state index contributed by atoms with van der Waals surface area (Å²) in [5.41, 5.74) is 0.638. The van der Waals surface area contributed by atoms with E-state index in [2.05, 4.69) is 5.32 Å². The number of ether oxygens (including phenoxy) is 2. The van der Waals surface area contributed by atoms with Crippen LogP contribution in [0.25, 0.3) is 0 Å². The maximum atomic E-state index is 12.1. The van der Waals surface area contributed by atoms with Gasteiger partial charge in [-0.05, 0) is 44.0 Å². The van der Waals surface area contributed by atoms with Gasteiger partial charge in [0, 0.05) is 11.8 Å². The van der Waals surface area contributed by atoms with Crippen LogP contribution in [0.15, 0.2) is 34.7 Å². The summed E-state index contributed by atoms with van der Waals surface area (Å²) in [7, 11) is 0. The first-order chi connectivity index (χ1) is 11.1. The largest absolute Gasteiger partial charge is 0.490 e.